The molecule has 0 nitrogen and oxygen atoms in total. The second kappa shape index (κ2) is 9.03. The maximum atomic E-state index is 2.80. The Balaban J connectivity index is 0.00000112. The fraction of sp³-hybridized carbons (Fsp3) is 0.360. The van der Waals surface area contributed by atoms with E-state index in [1.54, 1.807) is 11.1 Å². The normalized spacial score (nSPS) is 24.6. The molecular weight excluding hydrogens is 462 g/mol. The molecule has 2 aromatic carbocycles. The van der Waals surface area contributed by atoms with Crippen LogP contribution in [-0.4, -0.2) is 0 Å². The molecule has 2 aromatic rings. The average molecular weight is 493 g/mol. The zero-order valence-electron chi connectivity index (χ0n) is 16.5. The van der Waals surface area contributed by atoms with Crippen molar-refractivity contribution < 1.29 is 20.3 Å². The van der Waals surface area contributed by atoms with E-state index in [0.717, 1.165) is 10.9 Å². The van der Waals surface area contributed by atoms with Crippen molar-refractivity contribution in [1.29, 1.82) is 0 Å². The summed E-state index contributed by atoms with van der Waals surface area (Å²) in [5.74, 6) is 0. The molecule has 0 saturated heterocycles. The summed E-state index contributed by atoms with van der Waals surface area (Å²) in [6, 6.07) is 18.4. The Morgan fingerprint density at radius 2 is 1.14 bits per heavy atom. The topological polar surface area (TPSA) is 0 Å². The first kappa shape index (κ1) is 22.1. The molecule has 3 heteroatoms. The van der Waals surface area contributed by atoms with Gasteiger partial charge < -0.3 is 0 Å². The summed E-state index contributed by atoms with van der Waals surface area (Å²) in [4.78, 5) is 0. The van der Waals surface area contributed by atoms with E-state index >= 15 is 0 Å². The molecule has 0 bridgehead atoms. The van der Waals surface area contributed by atoms with Gasteiger partial charge in [0, 0.05) is 0 Å². The Hall–Kier alpha value is -0.617. The summed E-state index contributed by atoms with van der Waals surface area (Å²) in [6.07, 6.45) is 17.4. The minimum absolute atomic E-state index is 0. The minimum atomic E-state index is -2.63. The summed E-state index contributed by atoms with van der Waals surface area (Å²) < 4.78 is 5.26. The quantitative estimate of drug-likeness (QED) is 0.404. The van der Waals surface area contributed by atoms with E-state index in [1.165, 1.54) is 43.2 Å². The standard InChI is InChI=1S/2C9H7.C6H11.CH3.2ClH.Zr/c2*1-2-5-9-7-3-6-8(9)4-1;1-2-4-6-5-3-1;;;;/h2*1-7H;1H,2-6H2;1H3;2*1H;. The molecule has 0 aliphatic heterocycles. The van der Waals surface area contributed by atoms with E-state index in [1.807, 2.05) is 0 Å². The fourth-order valence-corrected chi connectivity index (χ4v) is 20.6. The first-order valence-electron chi connectivity index (χ1n) is 10.3. The number of rotatable bonds is 3. The predicted octanol–water partition coefficient (Wildman–Crippen LogP) is 8.32. The van der Waals surface area contributed by atoms with E-state index in [2.05, 4.69) is 77.5 Å². The van der Waals surface area contributed by atoms with Gasteiger partial charge >= 0.3 is 163 Å². The van der Waals surface area contributed by atoms with Gasteiger partial charge in [-0.05, 0) is 0 Å². The predicted molar refractivity (Wildman–Crippen MR) is 124 cm³/mol. The zero-order valence-corrected chi connectivity index (χ0v) is 20.6. The number of allylic oxidation sites excluding steroid dienone is 2. The van der Waals surface area contributed by atoms with Crippen molar-refractivity contribution in [1.82, 2.24) is 0 Å². The van der Waals surface area contributed by atoms with E-state index in [0.29, 0.717) is 0 Å². The van der Waals surface area contributed by atoms with Crippen molar-refractivity contribution in [3.8, 4) is 0 Å². The van der Waals surface area contributed by atoms with E-state index in [4.69, 9.17) is 0 Å². The van der Waals surface area contributed by atoms with Crippen LogP contribution >= 0.6 is 24.8 Å². The van der Waals surface area contributed by atoms with Crippen LogP contribution in [0.1, 0.15) is 61.6 Å². The summed E-state index contributed by atoms with van der Waals surface area (Å²) in [7, 11) is 0. The van der Waals surface area contributed by atoms with Crippen LogP contribution in [0.4, 0.5) is 0 Å². The Labute approximate surface area is 186 Å². The Morgan fingerprint density at radius 1 is 0.679 bits per heavy atom. The number of halogens is 2. The monoisotopic (exact) mass is 490 g/mol. The van der Waals surface area contributed by atoms with Gasteiger partial charge in [-0.25, -0.2) is 0 Å². The Kier molecular flexibility index (Phi) is 7.12. The van der Waals surface area contributed by atoms with Crippen LogP contribution in [0.3, 0.4) is 0 Å². The summed E-state index contributed by atoms with van der Waals surface area (Å²) >= 11 is -2.63. The molecule has 148 valence electrons. The summed E-state index contributed by atoms with van der Waals surface area (Å²) in [6.45, 7) is 0. The van der Waals surface area contributed by atoms with E-state index < -0.39 is 20.3 Å². The Morgan fingerprint density at radius 3 is 1.64 bits per heavy atom. The van der Waals surface area contributed by atoms with Gasteiger partial charge in [0.25, 0.3) is 0 Å². The second-order valence-electron chi connectivity index (χ2n) is 8.63. The third-order valence-corrected chi connectivity index (χ3v) is 22.2. The maximum absolute atomic E-state index is 2.80. The van der Waals surface area contributed by atoms with E-state index in [-0.39, 0.29) is 24.8 Å². The second-order valence-corrected chi connectivity index (χ2v) is 20.4. The van der Waals surface area contributed by atoms with Crippen LogP contribution in [0.15, 0.2) is 60.7 Å². The van der Waals surface area contributed by atoms with Crippen molar-refractivity contribution in [2.75, 3.05) is 0 Å². The van der Waals surface area contributed by atoms with Gasteiger partial charge in [0.1, 0.15) is 0 Å². The first-order valence-corrected chi connectivity index (χ1v) is 17.0. The van der Waals surface area contributed by atoms with Crippen LogP contribution in [0.2, 0.25) is 8.26 Å². The molecule has 1 fully saturated rings. The molecule has 3 aliphatic carbocycles. The van der Waals surface area contributed by atoms with Gasteiger partial charge in [-0.15, -0.1) is 24.8 Å². The number of hydrogen-bond donors (Lipinski definition) is 0. The summed E-state index contributed by atoms with van der Waals surface area (Å²) in [5.41, 5.74) is 6.22. The van der Waals surface area contributed by atoms with Crippen LogP contribution < -0.4 is 0 Å². The molecular formula is C25H30Cl2Zr. The fourth-order valence-electron chi connectivity index (χ4n) is 6.01. The van der Waals surface area contributed by atoms with Gasteiger partial charge in [-0.2, -0.15) is 0 Å². The van der Waals surface area contributed by atoms with Crippen molar-refractivity contribution in [2.24, 2.45) is 0 Å². The molecule has 2 atom stereocenters. The molecule has 1 saturated carbocycles. The number of hydrogen-bond acceptors (Lipinski definition) is 0. The van der Waals surface area contributed by atoms with Gasteiger partial charge in [-0.1, -0.05) is 0 Å². The zero-order chi connectivity index (χ0) is 17.6. The molecule has 0 radical (unpaired) electrons. The molecule has 0 spiro atoms. The van der Waals surface area contributed by atoms with Crippen molar-refractivity contribution in [2.45, 2.75) is 47.6 Å². The molecule has 0 N–H and O–H groups in total. The van der Waals surface area contributed by atoms with Crippen LogP contribution in [-0.2, 0) is 20.3 Å². The molecule has 0 aromatic heterocycles. The molecule has 5 rings (SSSR count). The van der Waals surface area contributed by atoms with Crippen molar-refractivity contribution >= 4 is 37.0 Å². The summed E-state index contributed by atoms with van der Waals surface area (Å²) in [5, 5.41) is 0. The molecule has 0 amide bonds. The van der Waals surface area contributed by atoms with Crippen LogP contribution in [0.5, 0.6) is 0 Å². The number of benzene rings is 2. The molecule has 28 heavy (non-hydrogen) atoms. The molecule has 0 heterocycles. The van der Waals surface area contributed by atoms with E-state index in [9.17, 15) is 0 Å². The van der Waals surface area contributed by atoms with Gasteiger partial charge in [0.15, 0.2) is 0 Å². The molecule has 3 aliphatic rings. The van der Waals surface area contributed by atoms with Gasteiger partial charge in [-0.3, -0.25) is 0 Å². The number of fused-ring (bicyclic) bond motifs is 2. The van der Waals surface area contributed by atoms with Gasteiger partial charge in [0.2, 0.25) is 0 Å². The average Bonchev–Trinajstić information content (AvgIpc) is 3.33. The first-order chi connectivity index (χ1) is 12.8. The third-order valence-electron chi connectivity index (χ3n) is 7.42. The third kappa shape index (κ3) is 3.53. The van der Waals surface area contributed by atoms with Crippen molar-refractivity contribution in [3.63, 3.8) is 0 Å². The van der Waals surface area contributed by atoms with Gasteiger partial charge in [0.05, 0.1) is 0 Å². The SMILES string of the molecule is Cl.Cl.[CH3][Zr]([CH]1CCCCC1)([CH]1C=Cc2ccccc21)[CH]1C=Cc2ccccc21. The molecule has 2 unspecified atom stereocenters. The van der Waals surface area contributed by atoms with Crippen LogP contribution in [0, 0.1) is 0 Å². The van der Waals surface area contributed by atoms with Crippen molar-refractivity contribution in [3.05, 3.63) is 82.9 Å². The Bertz CT molecular complexity index is 818. The van der Waals surface area contributed by atoms with Crippen LogP contribution in [0.25, 0.3) is 12.2 Å².